The molecule has 0 bridgehead atoms. The summed E-state index contributed by atoms with van der Waals surface area (Å²) in [4.78, 5) is 0. The van der Waals surface area contributed by atoms with Gasteiger partial charge in [0.25, 0.3) is 0 Å². The van der Waals surface area contributed by atoms with Crippen molar-refractivity contribution in [2.24, 2.45) is 0 Å². The first kappa shape index (κ1) is 14.5. The lowest BCUT2D eigenvalue weighted by Crippen LogP contribution is -2.09. The smallest absolute Gasteiger partial charge is 0.206 e. The molecule has 18 heavy (non-hydrogen) atoms. The van der Waals surface area contributed by atoms with E-state index in [1.165, 1.54) is 0 Å². The summed E-state index contributed by atoms with van der Waals surface area (Å²) in [6.45, 7) is 1.60. The van der Waals surface area contributed by atoms with Crippen LogP contribution in [0.1, 0.15) is 24.5 Å². The lowest BCUT2D eigenvalue weighted by atomic mass is 10.1. The van der Waals surface area contributed by atoms with Crippen LogP contribution >= 0.6 is 11.6 Å². The molecule has 1 aromatic carbocycles. The number of alkyl halides is 3. The Morgan fingerprint density at radius 1 is 1.39 bits per heavy atom. The number of benzene rings is 1. The van der Waals surface area contributed by atoms with E-state index in [2.05, 4.69) is 0 Å². The van der Waals surface area contributed by atoms with Crippen LogP contribution in [0.3, 0.4) is 0 Å². The Hall–Kier alpha value is -1.54. The van der Waals surface area contributed by atoms with E-state index in [1.807, 2.05) is 0 Å². The van der Waals surface area contributed by atoms with Gasteiger partial charge in [-0.25, -0.2) is 4.39 Å². The third kappa shape index (κ3) is 2.82. The highest BCUT2D eigenvalue weighted by molar-refractivity contribution is 6.49. The molecule has 0 aliphatic rings. The maximum absolute atomic E-state index is 13.7. The second-order valence-electron chi connectivity index (χ2n) is 3.42. The molecule has 0 N–H and O–H groups in total. The van der Waals surface area contributed by atoms with Gasteiger partial charge in [0.05, 0.1) is 16.7 Å². The number of rotatable bonds is 2. The van der Waals surface area contributed by atoms with Gasteiger partial charge < -0.3 is 0 Å². The number of hydrogen-bond donors (Lipinski definition) is 0. The minimum atomic E-state index is -4.80. The van der Waals surface area contributed by atoms with Gasteiger partial charge in [-0.1, -0.05) is 30.7 Å². The second kappa shape index (κ2) is 5.40. The van der Waals surface area contributed by atoms with E-state index in [4.69, 9.17) is 16.9 Å². The van der Waals surface area contributed by atoms with Crippen molar-refractivity contribution in [3.05, 3.63) is 40.7 Å². The van der Waals surface area contributed by atoms with Gasteiger partial charge in [-0.05, 0) is 12.5 Å². The fraction of sp³-hybridized carbons (Fsp3) is 0.250. The van der Waals surface area contributed by atoms with Crippen molar-refractivity contribution < 1.29 is 17.6 Å². The molecule has 0 saturated carbocycles. The molecule has 0 saturated heterocycles. The first-order valence-electron chi connectivity index (χ1n) is 4.97. The number of nitrogens with zero attached hydrogens (tertiary/aromatic N) is 1. The number of hydrogen-bond acceptors (Lipinski definition) is 1. The maximum atomic E-state index is 13.7. The first-order chi connectivity index (χ1) is 8.32. The van der Waals surface area contributed by atoms with Crippen LogP contribution < -0.4 is 0 Å². The topological polar surface area (TPSA) is 23.8 Å². The summed E-state index contributed by atoms with van der Waals surface area (Å²) in [7, 11) is 0. The van der Waals surface area contributed by atoms with Crippen molar-refractivity contribution in [1.29, 1.82) is 5.26 Å². The van der Waals surface area contributed by atoms with Crippen LogP contribution in [0, 0.1) is 17.1 Å². The molecular weight excluding hydrogens is 270 g/mol. The van der Waals surface area contributed by atoms with Gasteiger partial charge in [0.2, 0.25) is 0 Å². The number of nitriles is 1. The quantitative estimate of drug-likeness (QED) is 0.566. The molecule has 1 nitrogen and oxygen atoms in total. The van der Waals surface area contributed by atoms with E-state index in [0.29, 0.717) is 6.07 Å². The molecule has 0 fully saturated rings. The average Bonchev–Trinajstić information content (AvgIpc) is 2.29. The van der Waals surface area contributed by atoms with Crippen molar-refractivity contribution in [2.45, 2.75) is 19.5 Å². The Labute approximate surface area is 106 Å². The summed E-state index contributed by atoms with van der Waals surface area (Å²) in [6, 6.07) is 4.52. The summed E-state index contributed by atoms with van der Waals surface area (Å²) < 4.78 is 51.2. The van der Waals surface area contributed by atoms with Crippen molar-refractivity contribution in [1.82, 2.24) is 0 Å². The van der Waals surface area contributed by atoms with Crippen molar-refractivity contribution in [3.63, 3.8) is 0 Å². The Morgan fingerprint density at radius 2 is 2.00 bits per heavy atom. The average molecular weight is 278 g/mol. The monoisotopic (exact) mass is 277 g/mol. The fourth-order valence-corrected chi connectivity index (χ4v) is 1.69. The van der Waals surface area contributed by atoms with E-state index in [-0.39, 0.29) is 17.0 Å². The van der Waals surface area contributed by atoms with E-state index in [9.17, 15) is 17.6 Å². The molecule has 0 aliphatic heterocycles. The summed E-state index contributed by atoms with van der Waals surface area (Å²) in [6.07, 6.45) is -4.58. The molecule has 0 atom stereocenters. The second-order valence-corrected chi connectivity index (χ2v) is 3.80. The molecule has 1 rings (SSSR count). The van der Waals surface area contributed by atoms with Gasteiger partial charge in [0, 0.05) is 11.1 Å². The van der Waals surface area contributed by atoms with Gasteiger partial charge >= 0.3 is 6.18 Å². The summed E-state index contributed by atoms with van der Waals surface area (Å²) in [5, 5.41) is 8.45. The van der Waals surface area contributed by atoms with Crippen LogP contribution in [0.2, 0.25) is 0 Å². The summed E-state index contributed by atoms with van der Waals surface area (Å²) in [5.74, 6) is -1.46. The normalized spacial score (nSPS) is 12.9. The van der Waals surface area contributed by atoms with Gasteiger partial charge in [-0.15, -0.1) is 0 Å². The van der Waals surface area contributed by atoms with Gasteiger partial charge in [0.15, 0.2) is 0 Å². The predicted molar refractivity (Wildman–Crippen MR) is 60.1 cm³/mol. The van der Waals surface area contributed by atoms with Crippen LogP contribution in [0.4, 0.5) is 17.6 Å². The summed E-state index contributed by atoms with van der Waals surface area (Å²) in [5.41, 5.74) is -1.77. The molecular formula is C12H8ClF4N. The van der Waals surface area contributed by atoms with Crippen molar-refractivity contribution in [3.8, 4) is 6.07 Å². The Morgan fingerprint density at radius 3 is 2.44 bits per heavy atom. The molecule has 0 radical (unpaired) electrons. The van der Waals surface area contributed by atoms with Gasteiger partial charge in [-0.2, -0.15) is 18.4 Å². The fourth-order valence-electron chi connectivity index (χ4n) is 1.37. The maximum Gasteiger partial charge on any atom is 0.419 e. The minimum absolute atomic E-state index is 0.0369. The standard InChI is InChI=1S/C12H8ClF4N/c1-2-7(6-18)10(13)8-4-3-5-9(11(8)14)12(15,16)17/h3-5H,2H2,1H3. The molecule has 0 spiro atoms. The van der Waals surface area contributed by atoms with Crippen molar-refractivity contribution >= 4 is 16.6 Å². The van der Waals surface area contributed by atoms with Crippen LogP contribution in [0.15, 0.2) is 23.8 Å². The van der Waals surface area contributed by atoms with Crippen LogP contribution in [-0.4, -0.2) is 0 Å². The highest BCUT2D eigenvalue weighted by Crippen LogP contribution is 2.36. The zero-order valence-electron chi connectivity index (χ0n) is 9.28. The number of halogens is 5. The van der Waals surface area contributed by atoms with Gasteiger partial charge in [0.1, 0.15) is 5.82 Å². The minimum Gasteiger partial charge on any atom is -0.206 e. The van der Waals surface area contributed by atoms with E-state index in [1.54, 1.807) is 13.0 Å². The Balaban J connectivity index is 3.47. The highest BCUT2D eigenvalue weighted by atomic mass is 35.5. The van der Waals surface area contributed by atoms with E-state index in [0.717, 1.165) is 12.1 Å². The van der Waals surface area contributed by atoms with E-state index >= 15 is 0 Å². The molecule has 96 valence electrons. The highest BCUT2D eigenvalue weighted by Gasteiger charge is 2.35. The molecule has 0 heterocycles. The molecule has 0 aromatic heterocycles. The molecule has 6 heteroatoms. The predicted octanol–water partition coefficient (Wildman–Crippen LogP) is 4.73. The van der Waals surface area contributed by atoms with Crippen LogP contribution in [-0.2, 0) is 6.18 Å². The molecule has 0 aliphatic carbocycles. The third-order valence-electron chi connectivity index (χ3n) is 2.29. The Kier molecular flexibility index (Phi) is 4.36. The van der Waals surface area contributed by atoms with E-state index < -0.39 is 23.1 Å². The molecule has 1 aromatic rings. The SMILES string of the molecule is CCC(C#N)=C(Cl)c1cccc(C(F)(F)F)c1F. The zero-order chi connectivity index (χ0) is 13.9. The molecule has 0 amide bonds. The lowest BCUT2D eigenvalue weighted by Gasteiger charge is -2.11. The lowest BCUT2D eigenvalue weighted by molar-refractivity contribution is -0.140. The summed E-state index contributed by atoms with van der Waals surface area (Å²) >= 11 is 5.75. The van der Waals surface area contributed by atoms with Crippen LogP contribution in [0.5, 0.6) is 0 Å². The van der Waals surface area contributed by atoms with Gasteiger partial charge in [-0.3, -0.25) is 0 Å². The third-order valence-corrected chi connectivity index (χ3v) is 2.73. The zero-order valence-corrected chi connectivity index (χ0v) is 10.0. The first-order valence-corrected chi connectivity index (χ1v) is 5.35. The largest absolute Gasteiger partial charge is 0.419 e. The van der Waals surface area contributed by atoms with Crippen molar-refractivity contribution in [2.75, 3.05) is 0 Å². The Bertz CT molecular complexity index is 526. The molecule has 0 unspecified atom stereocenters. The number of allylic oxidation sites excluding steroid dienone is 1. The van der Waals surface area contributed by atoms with Crippen LogP contribution in [0.25, 0.3) is 5.03 Å².